The van der Waals surface area contributed by atoms with Gasteiger partial charge in [-0.3, -0.25) is 4.90 Å². The lowest BCUT2D eigenvalue weighted by atomic mass is 9.96. The Balaban J connectivity index is 1.89. The van der Waals surface area contributed by atoms with E-state index in [1.54, 1.807) is 6.07 Å². The standard InChI is InChI=1S/C16H17F6N3/c17-15(18,19)10-25-5-3-11(4-6-25)9-24-14-2-1-13(16(20,21)22)7-12(14)8-23/h1-2,7,11,24H,3-6,9-10H2. The number of nitrogens with zero attached hydrogens (tertiary/aromatic N) is 2. The minimum Gasteiger partial charge on any atom is -0.384 e. The predicted molar refractivity (Wildman–Crippen MR) is 79.9 cm³/mol. The lowest BCUT2D eigenvalue weighted by molar-refractivity contribution is -0.148. The first-order valence-electron chi connectivity index (χ1n) is 7.73. The number of nitriles is 1. The van der Waals surface area contributed by atoms with Crippen LogP contribution in [0.2, 0.25) is 0 Å². The highest BCUT2D eigenvalue weighted by Gasteiger charge is 2.33. The number of hydrogen-bond acceptors (Lipinski definition) is 3. The van der Waals surface area contributed by atoms with Gasteiger partial charge in [0.1, 0.15) is 6.07 Å². The van der Waals surface area contributed by atoms with Gasteiger partial charge in [0.15, 0.2) is 0 Å². The van der Waals surface area contributed by atoms with E-state index in [2.05, 4.69) is 5.32 Å². The molecule has 1 heterocycles. The van der Waals surface area contributed by atoms with Crippen LogP contribution in [0.1, 0.15) is 24.0 Å². The zero-order valence-electron chi connectivity index (χ0n) is 13.2. The summed E-state index contributed by atoms with van der Waals surface area (Å²) in [5, 5.41) is 12.0. The first-order valence-corrected chi connectivity index (χ1v) is 7.73. The molecule has 1 aromatic carbocycles. The van der Waals surface area contributed by atoms with E-state index in [0.29, 0.717) is 38.2 Å². The van der Waals surface area contributed by atoms with Crippen molar-refractivity contribution < 1.29 is 26.3 Å². The highest BCUT2D eigenvalue weighted by atomic mass is 19.4. The van der Waals surface area contributed by atoms with Crippen molar-refractivity contribution in [1.82, 2.24) is 4.90 Å². The summed E-state index contributed by atoms with van der Waals surface area (Å²) in [5.41, 5.74) is -0.701. The summed E-state index contributed by atoms with van der Waals surface area (Å²) in [5.74, 6) is 0.110. The molecular weight excluding hydrogens is 348 g/mol. The summed E-state index contributed by atoms with van der Waals surface area (Å²) in [6.07, 6.45) is -7.61. The first-order chi connectivity index (χ1) is 11.6. The van der Waals surface area contributed by atoms with Gasteiger partial charge in [0.2, 0.25) is 0 Å². The summed E-state index contributed by atoms with van der Waals surface area (Å²) < 4.78 is 75.0. The number of piperidine rings is 1. The number of hydrogen-bond donors (Lipinski definition) is 1. The molecule has 0 atom stereocenters. The third-order valence-electron chi connectivity index (χ3n) is 4.16. The number of nitrogens with one attached hydrogen (secondary N) is 1. The summed E-state index contributed by atoms with van der Waals surface area (Å²) in [4.78, 5) is 1.34. The molecule has 138 valence electrons. The molecule has 1 aromatic rings. The van der Waals surface area contributed by atoms with Gasteiger partial charge in [0, 0.05) is 6.54 Å². The summed E-state index contributed by atoms with van der Waals surface area (Å²) in [6.45, 7) is 0.123. The van der Waals surface area contributed by atoms with E-state index in [0.717, 1.165) is 12.1 Å². The maximum absolute atomic E-state index is 12.7. The molecular formula is C16H17F6N3. The Bertz CT molecular complexity index is 624. The van der Waals surface area contributed by atoms with Gasteiger partial charge in [-0.15, -0.1) is 0 Å². The van der Waals surface area contributed by atoms with Gasteiger partial charge in [-0.05, 0) is 50.0 Å². The van der Waals surface area contributed by atoms with E-state index in [1.807, 2.05) is 0 Å². The Morgan fingerprint density at radius 3 is 2.28 bits per heavy atom. The summed E-state index contributed by atoms with van der Waals surface area (Å²) in [6, 6.07) is 4.63. The Labute approximate surface area is 141 Å². The third-order valence-corrected chi connectivity index (χ3v) is 4.16. The van der Waals surface area contributed by atoms with E-state index in [1.165, 1.54) is 11.0 Å². The molecule has 2 rings (SSSR count). The number of anilines is 1. The third kappa shape index (κ3) is 5.81. The molecule has 0 aliphatic carbocycles. The van der Waals surface area contributed by atoms with Crippen molar-refractivity contribution in [3.63, 3.8) is 0 Å². The Morgan fingerprint density at radius 1 is 1.12 bits per heavy atom. The number of likely N-dealkylation sites (tertiary alicyclic amines) is 1. The quantitative estimate of drug-likeness (QED) is 0.811. The van der Waals surface area contributed by atoms with Gasteiger partial charge in [0.25, 0.3) is 0 Å². The van der Waals surface area contributed by atoms with E-state index in [9.17, 15) is 26.3 Å². The van der Waals surface area contributed by atoms with Gasteiger partial charge in [-0.1, -0.05) is 0 Å². The van der Waals surface area contributed by atoms with Crippen LogP contribution in [0.15, 0.2) is 18.2 Å². The Hall–Kier alpha value is -1.95. The second-order valence-corrected chi connectivity index (χ2v) is 6.09. The molecule has 1 aliphatic rings. The van der Waals surface area contributed by atoms with Crippen LogP contribution in [0, 0.1) is 17.2 Å². The largest absolute Gasteiger partial charge is 0.416 e. The highest BCUT2D eigenvalue weighted by molar-refractivity contribution is 5.59. The van der Waals surface area contributed by atoms with Crippen LogP contribution >= 0.6 is 0 Å². The lowest BCUT2D eigenvalue weighted by Gasteiger charge is -2.32. The second-order valence-electron chi connectivity index (χ2n) is 6.09. The molecule has 0 aromatic heterocycles. The second kappa shape index (κ2) is 7.52. The van der Waals surface area contributed by atoms with Crippen molar-refractivity contribution in [3.05, 3.63) is 29.3 Å². The topological polar surface area (TPSA) is 39.1 Å². The van der Waals surface area contributed by atoms with Crippen LogP contribution in [-0.2, 0) is 6.18 Å². The molecule has 0 saturated carbocycles. The molecule has 9 heteroatoms. The van der Waals surface area contributed by atoms with E-state index >= 15 is 0 Å². The zero-order valence-corrected chi connectivity index (χ0v) is 13.2. The minimum absolute atomic E-state index is 0.107. The zero-order chi connectivity index (χ0) is 18.7. The fourth-order valence-electron chi connectivity index (χ4n) is 2.82. The van der Waals surface area contributed by atoms with Crippen molar-refractivity contribution in [3.8, 4) is 6.07 Å². The van der Waals surface area contributed by atoms with Crippen molar-refractivity contribution in [1.29, 1.82) is 5.26 Å². The molecule has 0 bridgehead atoms. The maximum Gasteiger partial charge on any atom is 0.416 e. The average Bonchev–Trinajstić information content (AvgIpc) is 2.51. The molecule has 1 saturated heterocycles. The number of halogens is 6. The monoisotopic (exact) mass is 365 g/mol. The molecule has 0 spiro atoms. The van der Waals surface area contributed by atoms with Gasteiger partial charge in [-0.2, -0.15) is 31.6 Å². The Kier molecular flexibility index (Phi) is 5.83. The molecule has 1 aliphatic heterocycles. The van der Waals surface area contributed by atoms with E-state index in [4.69, 9.17) is 5.26 Å². The summed E-state index contributed by atoms with van der Waals surface area (Å²) >= 11 is 0. The molecule has 1 fully saturated rings. The number of alkyl halides is 6. The minimum atomic E-state index is -4.52. The lowest BCUT2D eigenvalue weighted by Crippen LogP contribution is -2.41. The highest BCUT2D eigenvalue weighted by Crippen LogP contribution is 2.32. The van der Waals surface area contributed by atoms with Gasteiger partial charge in [0.05, 0.1) is 23.4 Å². The van der Waals surface area contributed by atoms with Crippen molar-refractivity contribution in [2.75, 3.05) is 31.5 Å². The first kappa shape index (κ1) is 19.4. The van der Waals surface area contributed by atoms with Gasteiger partial charge >= 0.3 is 12.4 Å². The molecule has 0 unspecified atom stereocenters. The van der Waals surface area contributed by atoms with Crippen LogP contribution in [0.25, 0.3) is 0 Å². The Morgan fingerprint density at radius 2 is 1.76 bits per heavy atom. The molecule has 3 nitrogen and oxygen atoms in total. The smallest absolute Gasteiger partial charge is 0.384 e. The molecule has 25 heavy (non-hydrogen) atoms. The van der Waals surface area contributed by atoms with E-state index in [-0.39, 0.29) is 11.5 Å². The van der Waals surface area contributed by atoms with Crippen LogP contribution in [-0.4, -0.2) is 37.3 Å². The number of rotatable bonds is 4. The van der Waals surface area contributed by atoms with Gasteiger partial charge in [-0.25, -0.2) is 0 Å². The van der Waals surface area contributed by atoms with Crippen LogP contribution in [0.3, 0.4) is 0 Å². The SMILES string of the molecule is N#Cc1cc(C(F)(F)F)ccc1NCC1CCN(CC(F)(F)F)CC1. The number of benzene rings is 1. The van der Waals surface area contributed by atoms with Crippen molar-refractivity contribution in [2.45, 2.75) is 25.2 Å². The fraction of sp³-hybridized carbons (Fsp3) is 0.562. The van der Waals surface area contributed by atoms with Crippen LogP contribution in [0.5, 0.6) is 0 Å². The normalized spacial score (nSPS) is 17.3. The van der Waals surface area contributed by atoms with Crippen molar-refractivity contribution in [2.24, 2.45) is 5.92 Å². The average molecular weight is 365 g/mol. The van der Waals surface area contributed by atoms with Crippen LogP contribution < -0.4 is 5.32 Å². The summed E-state index contributed by atoms with van der Waals surface area (Å²) in [7, 11) is 0. The maximum atomic E-state index is 12.7. The van der Waals surface area contributed by atoms with Gasteiger partial charge < -0.3 is 5.32 Å². The fourth-order valence-corrected chi connectivity index (χ4v) is 2.82. The van der Waals surface area contributed by atoms with Crippen LogP contribution in [0.4, 0.5) is 32.0 Å². The predicted octanol–water partition coefficient (Wildman–Crippen LogP) is 4.26. The van der Waals surface area contributed by atoms with E-state index < -0.39 is 24.5 Å². The molecule has 1 N–H and O–H groups in total. The molecule has 0 radical (unpaired) electrons. The molecule has 0 amide bonds. The van der Waals surface area contributed by atoms with Crippen molar-refractivity contribution >= 4 is 5.69 Å².